The molecule has 9 heteroatoms. The summed E-state index contributed by atoms with van der Waals surface area (Å²) < 4.78 is 24.5. The van der Waals surface area contributed by atoms with E-state index in [1.807, 2.05) is 17.5 Å². The van der Waals surface area contributed by atoms with Crippen LogP contribution in [0, 0.1) is 0 Å². The van der Waals surface area contributed by atoms with Gasteiger partial charge in [0.1, 0.15) is 5.82 Å². The van der Waals surface area contributed by atoms with E-state index in [-0.39, 0.29) is 19.0 Å². The van der Waals surface area contributed by atoms with E-state index in [9.17, 15) is 13.2 Å². The Morgan fingerprint density at radius 3 is 3.00 bits per heavy atom. The highest BCUT2D eigenvalue weighted by Gasteiger charge is 2.30. The molecule has 1 aliphatic rings. The van der Waals surface area contributed by atoms with Gasteiger partial charge in [0.2, 0.25) is 15.9 Å². The maximum atomic E-state index is 12.0. The predicted molar refractivity (Wildman–Crippen MR) is 83.9 cm³/mol. The molecule has 0 radical (unpaired) electrons. The van der Waals surface area contributed by atoms with Crippen LogP contribution in [-0.4, -0.2) is 35.1 Å². The van der Waals surface area contributed by atoms with Crippen molar-refractivity contribution >= 4 is 33.1 Å². The van der Waals surface area contributed by atoms with E-state index in [1.54, 1.807) is 11.3 Å². The number of nitrogens with zero attached hydrogens (tertiary/aromatic N) is 2. The highest BCUT2D eigenvalue weighted by Crippen LogP contribution is 2.28. The summed E-state index contributed by atoms with van der Waals surface area (Å²) in [5, 5.41) is 11.6. The van der Waals surface area contributed by atoms with Crippen LogP contribution in [0.2, 0.25) is 0 Å². The first-order valence-corrected chi connectivity index (χ1v) is 9.50. The lowest BCUT2D eigenvalue weighted by molar-refractivity contribution is -0.116. The molecule has 1 amide bonds. The van der Waals surface area contributed by atoms with Gasteiger partial charge in [-0.25, -0.2) is 8.42 Å². The minimum atomic E-state index is -3.26. The molecule has 0 aliphatic carbocycles. The summed E-state index contributed by atoms with van der Waals surface area (Å²) in [6, 6.07) is 3.95. The van der Waals surface area contributed by atoms with E-state index < -0.39 is 10.0 Å². The molecule has 0 saturated carbocycles. The number of carbonyl (C=O) groups excluding carboxylic acids is 1. The maximum absolute atomic E-state index is 12.0. The fourth-order valence-electron chi connectivity index (χ4n) is 2.33. The van der Waals surface area contributed by atoms with Crippen molar-refractivity contribution < 1.29 is 13.2 Å². The predicted octanol–water partition coefficient (Wildman–Crippen LogP) is 1.32. The number of nitrogens with one attached hydrogen (secondary N) is 2. The van der Waals surface area contributed by atoms with Crippen LogP contribution in [0.3, 0.4) is 0 Å². The van der Waals surface area contributed by atoms with E-state index in [0.29, 0.717) is 24.4 Å². The summed E-state index contributed by atoms with van der Waals surface area (Å²) in [4.78, 5) is 13.2. The minimum Gasteiger partial charge on any atom is -0.311 e. The Kier molecular flexibility index (Phi) is 4.02. The van der Waals surface area contributed by atoms with Gasteiger partial charge >= 0.3 is 0 Å². The normalized spacial score (nSPS) is 15.0. The molecule has 7 nitrogen and oxygen atoms in total. The van der Waals surface area contributed by atoms with Gasteiger partial charge in [0.25, 0.3) is 0 Å². The fourth-order valence-corrected chi connectivity index (χ4v) is 3.76. The highest BCUT2D eigenvalue weighted by molar-refractivity contribution is 7.88. The zero-order valence-electron chi connectivity index (χ0n) is 12.0. The average Bonchev–Trinajstić information content (AvgIpc) is 3.13. The van der Waals surface area contributed by atoms with Gasteiger partial charge < -0.3 is 5.32 Å². The molecule has 0 atom stereocenters. The second-order valence-electron chi connectivity index (χ2n) is 5.18. The van der Waals surface area contributed by atoms with Crippen molar-refractivity contribution in [2.24, 2.45) is 0 Å². The smallest absolute Gasteiger partial charge is 0.225 e. The van der Waals surface area contributed by atoms with Gasteiger partial charge in [0.05, 0.1) is 18.5 Å². The number of carbonyl (C=O) groups is 1. The fraction of sp³-hybridized carbons (Fsp3) is 0.385. The third kappa shape index (κ3) is 3.21. The van der Waals surface area contributed by atoms with Crippen molar-refractivity contribution in [3.8, 4) is 0 Å². The number of rotatable bonds is 5. The standard InChI is InChI=1S/C13H16N4O3S2/c1-22(19,20)17-7-10-11(8-17)15-16-13(10)14-12(18)5-4-9-3-2-6-21-9/h2-3,6H,4-5,7-8H2,1H3,(H2,14,15,16,18). The quantitative estimate of drug-likeness (QED) is 0.858. The molecule has 0 unspecified atom stereocenters. The molecule has 2 N–H and O–H groups in total. The molecule has 0 fully saturated rings. The first-order valence-electron chi connectivity index (χ1n) is 6.77. The van der Waals surface area contributed by atoms with Crippen LogP contribution in [0.5, 0.6) is 0 Å². The van der Waals surface area contributed by atoms with Crippen molar-refractivity contribution in [1.29, 1.82) is 0 Å². The van der Waals surface area contributed by atoms with Crippen molar-refractivity contribution in [3.63, 3.8) is 0 Å². The number of sulfonamides is 1. The van der Waals surface area contributed by atoms with Gasteiger partial charge in [0.15, 0.2) is 0 Å². The van der Waals surface area contributed by atoms with E-state index in [0.717, 1.165) is 10.4 Å². The van der Waals surface area contributed by atoms with E-state index in [2.05, 4.69) is 15.5 Å². The van der Waals surface area contributed by atoms with Gasteiger partial charge in [-0.15, -0.1) is 11.3 Å². The number of thiophene rings is 1. The van der Waals surface area contributed by atoms with E-state index >= 15 is 0 Å². The number of amides is 1. The first kappa shape index (κ1) is 15.2. The number of aromatic nitrogens is 2. The molecule has 2 aromatic heterocycles. The third-order valence-electron chi connectivity index (χ3n) is 3.53. The van der Waals surface area contributed by atoms with Gasteiger partial charge in [-0.3, -0.25) is 9.89 Å². The SMILES string of the molecule is CS(=O)(=O)N1Cc2n[nH]c(NC(=O)CCc3cccs3)c2C1. The van der Waals surface area contributed by atoms with Gasteiger partial charge in [-0.1, -0.05) is 6.07 Å². The second kappa shape index (κ2) is 5.82. The number of aromatic amines is 1. The van der Waals surface area contributed by atoms with Crippen LogP contribution in [0.15, 0.2) is 17.5 Å². The van der Waals surface area contributed by atoms with Crippen molar-refractivity contribution in [3.05, 3.63) is 33.6 Å². The third-order valence-corrected chi connectivity index (χ3v) is 5.66. The lowest BCUT2D eigenvalue weighted by atomic mass is 10.2. The Labute approximate surface area is 132 Å². The van der Waals surface area contributed by atoms with Crippen LogP contribution < -0.4 is 5.32 Å². The van der Waals surface area contributed by atoms with Gasteiger partial charge in [-0.2, -0.15) is 9.40 Å². The summed E-state index contributed by atoms with van der Waals surface area (Å²) in [5.74, 6) is 0.384. The lowest BCUT2D eigenvalue weighted by Crippen LogP contribution is -2.24. The Bertz CT molecular complexity index is 780. The summed E-state index contributed by atoms with van der Waals surface area (Å²) in [6.45, 7) is 0.487. The van der Waals surface area contributed by atoms with Crippen LogP contribution in [0.4, 0.5) is 5.82 Å². The number of aryl methyl sites for hydroxylation is 1. The van der Waals surface area contributed by atoms with Gasteiger partial charge in [0, 0.05) is 23.4 Å². The summed E-state index contributed by atoms with van der Waals surface area (Å²) in [5.41, 5.74) is 1.41. The maximum Gasteiger partial charge on any atom is 0.225 e. The molecule has 0 aromatic carbocycles. The molecule has 3 heterocycles. The molecule has 0 saturated heterocycles. The molecule has 0 bridgehead atoms. The Hall–Kier alpha value is -1.71. The lowest BCUT2D eigenvalue weighted by Gasteiger charge is -2.11. The van der Waals surface area contributed by atoms with Crippen LogP contribution in [0.1, 0.15) is 22.6 Å². The zero-order chi connectivity index (χ0) is 15.7. The largest absolute Gasteiger partial charge is 0.311 e. The number of hydrogen-bond donors (Lipinski definition) is 2. The number of anilines is 1. The minimum absolute atomic E-state index is 0.113. The molecular weight excluding hydrogens is 324 g/mol. The Morgan fingerprint density at radius 1 is 1.50 bits per heavy atom. The van der Waals surface area contributed by atoms with Gasteiger partial charge in [-0.05, 0) is 17.9 Å². The Balaban J connectivity index is 1.62. The average molecular weight is 340 g/mol. The molecule has 2 aromatic rings. The second-order valence-corrected chi connectivity index (χ2v) is 8.20. The highest BCUT2D eigenvalue weighted by atomic mass is 32.2. The summed E-state index contributed by atoms with van der Waals surface area (Å²) in [6.07, 6.45) is 2.24. The number of H-pyrrole nitrogens is 1. The molecule has 118 valence electrons. The Morgan fingerprint density at radius 2 is 2.32 bits per heavy atom. The van der Waals surface area contributed by atoms with E-state index in [1.165, 1.54) is 10.6 Å². The number of hydrogen-bond acceptors (Lipinski definition) is 5. The molecule has 22 heavy (non-hydrogen) atoms. The van der Waals surface area contributed by atoms with E-state index in [4.69, 9.17) is 0 Å². The van der Waals surface area contributed by atoms with Crippen molar-refractivity contribution in [2.75, 3.05) is 11.6 Å². The van der Waals surface area contributed by atoms with Crippen molar-refractivity contribution in [2.45, 2.75) is 25.9 Å². The monoisotopic (exact) mass is 340 g/mol. The zero-order valence-corrected chi connectivity index (χ0v) is 13.6. The molecule has 0 spiro atoms. The summed E-state index contributed by atoms with van der Waals surface area (Å²) in [7, 11) is -3.26. The van der Waals surface area contributed by atoms with Crippen LogP contribution >= 0.6 is 11.3 Å². The summed E-state index contributed by atoms with van der Waals surface area (Å²) >= 11 is 1.62. The number of fused-ring (bicyclic) bond motifs is 1. The first-order chi connectivity index (χ1) is 10.4. The topological polar surface area (TPSA) is 95.2 Å². The van der Waals surface area contributed by atoms with Crippen LogP contribution in [0.25, 0.3) is 0 Å². The molecule has 3 rings (SSSR count). The molecular formula is C13H16N4O3S2. The van der Waals surface area contributed by atoms with Crippen LogP contribution in [-0.2, 0) is 34.3 Å². The van der Waals surface area contributed by atoms with Crippen molar-refractivity contribution in [1.82, 2.24) is 14.5 Å². The molecule has 1 aliphatic heterocycles.